The third-order valence-corrected chi connectivity index (χ3v) is 9.42. The third kappa shape index (κ3) is 4.42. The standard InChI is InChI=1S/C31H31IN2O2/c1-5-23-20(2)28(22(4)30(32)21(23)3)18-33-14-16-34(17-15-33)31(35)36-19-29-26-12-8-6-10-24(26)25-11-7-9-13-27(25)29/h1,6-13,29H,14-19H2,2-4H3. The first-order chi connectivity index (χ1) is 17.4. The Morgan fingerprint density at radius 1 is 0.944 bits per heavy atom. The van der Waals surface area contributed by atoms with Gasteiger partial charge in [-0.2, -0.15) is 0 Å². The van der Waals surface area contributed by atoms with Crippen molar-refractivity contribution in [3.05, 3.63) is 91.0 Å². The summed E-state index contributed by atoms with van der Waals surface area (Å²) < 4.78 is 7.12. The Morgan fingerprint density at radius 2 is 1.53 bits per heavy atom. The molecule has 2 aliphatic rings. The molecule has 0 radical (unpaired) electrons. The van der Waals surface area contributed by atoms with Crippen LogP contribution in [0.5, 0.6) is 0 Å². The van der Waals surface area contributed by atoms with Gasteiger partial charge in [0.05, 0.1) is 0 Å². The van der Waals surface area contributed by atoms with Gasteiger partial charge in [0.1, 0.15) is 6.61 Å². The minimum absolute atomic E-state index is 0.0861. The van der Waals surface area contributed by atoms with Gasteiger partial charge in [0, 0.05) is 47.8 Å². The van der Waals surface area contributed by atoms with Crippen molar-refractivity contribution in [2.75, 3.05) is 32.8 Å². The lowest BCUT2D eigenvalue weighted by molar-refractivity contribution is 0.0727. The van der Waals surface area contributed by atoms with Gasteiger partial charge in [-0.15, -0.1) is 6.42 Å². The number of carbonyl (C=O) groups excluding carboxylic acids is 1. The van der Waals surface area contributed by atoms with E-state index in [0.29, 0.717) is 19.7 Å². The summed E-state index contributed by atoms with van der Waals surface area (Å²) in [5, 5.41) is 0. The van der Waals surface area contributed by atoms with Crippen molar-refractivity contribution in [3.63, 3.8) is 0 Å². The molecule has 3 aromatic carbocycles. The van der Waals surface area contributed by atoms with E-state index < -0.39 is 0 Å². The van der Waals surface area contributed by atoms with Crippen molar-refractivity contribution in [1.82, 2.24) is 9.80 Å². The lowest BCUT2D eigenvalue weighted by atomic mass is 9.93. The number of hydrogen-bond donors (Lipinski definition) is 0. The second-order valence-corrected chi connectivity index (χ2v) is 10.8. The topological polar surface area (TPSA) is 32.8 Å². The lowest BCUT2D eigenvalue weighted by Crippen LogP contribution is -2.48. The van der Waals surface area contributed by atoms with Crippen molar-refractivity contribution in [2.45, 2.75) is 33.2 Å². The molecule has 36 heavy (non-hydrogen) atoms. The van der Waals surface area contributed by atoms with Crippen molar-refractivity contribution in [1.29, 1.82) is 0 Å². The molecule has 0 aromatic heterocycles. The number of ether oxygens (including phenoxy) is 1. The molecule has 1 amide bonds. The first kappa shape index (κ1) is 24.9. The number of halogens is 1. The van der Waals surface area contributed by atoms with E-state index in [4.69, 9.17) is 11.2 Å². The highest BCUT2D eigenvalue weighted by atomic mass is 127. The Balaban J connectivity index is 1.21. The summed E-state index contributed by atoms with van der Waals surface area (Å²) in [6.07, 6.45) is 5.61. The second kappa shape index (κ2) is 10.3. The van der Waals surface area contributed by atoms with Gasteiger partial charge in [0.2, 0.25) is 0 Å². The Hall–Kier alpha value is -2.82. The van der Waals surface area contributed by atoms with Gasteiger partial charge in [0.25, 0.3) is 0 Å². The fraction of sp³-hybridized carbons (Fsp3) is 0.323. The predicted molar refractivity (Wildman–Crippen MR) is 153 cm³/mol. The molecule has 5 rings (SSSR count). The largest absolute Gasteiger partial charge is 0.448 e. The molecule has 184 valence electrons. The molecule has 3 aromatic rings. The maximum atomic E-state index is 13.0. The summed E-state index contributed by atoms with van der Waals surface area (Å²) in [7, 11) is 0. The molecule has 1 heterocycles. The number of benzene rings is 3. The maximum Gasteiger partial charge on any atom is 0.409 e. The number of nitrogens with zero attached hydrogens (tertiary/aromatic N) is 2. The van der Waals surface area contributed by atoms with Crippen molar-refractivity contribution in [2.24, 2.45) is 0 Å². The zero-order chi connectivity index (χ0) is 25.4. The average molecular weight is 591 g/mol. The van der Waals surface area contributed by atoms with Gasteiger partial charge in [-0.05, 0) is 87.9 Å². The SMILES string of the molecule is C#Cc1c(C)c(I)c(C)c(CN2CCN(C(=O)OCC3c4ccccc4-c4ccccc43)CC2)c1C. The molecule has 0 N–H and O–H groups in total. The van der Waals surface area contributed by atoms with E-state index in [1.54, 1.807) is 0 Å². The molecule has 0 saturated carbocycles. The van der Waals surface area contributed by atoms with E-state index in [0.717, 1.165) is 25.2 Å². The van der Waals surface area contributed by atoms with Crippen molar-refractivity contribution < 1.29 is 9.53 Å². The number of piperazine rings is 1. The number of amides is 1. The quantitative estimate of drug-likeness (QED) is 0.266. The summed E-state index contributed by atoms with van der Waals surface area (Å²) in [6.45, 7) is 10.6. The van der Waals surface area contributed by atoms with Crippen LogP contribution in [0.1, 0.15) is 44.9 Å². The second-order valence-electron chi connectivity index (χ2n) is 9.75. The molecular weight excluding hydrogens is 559 g/mol. The van der Waals surface area contributed by atoms with Crippen LogP contribution in [0.2, 0.25) is 0 Å². The minimum atomic E-state index is -0.219. The van der Waals surface area contributed by atoms with Gasteiger partial charge in [-0.3, -0.25) is 4.90 Å². The molecule has 1 fully saturated rings. The van der Waals surface area contributed by atoms with Crippen LogP contribution in [-0.2, 0) is 11.3 Å². The van der Waals surface area contributed by atoms with Gasteiger partial charge in [0.15, 0.2) is 0 Å². The zero-order valence-electron chi connectivity index (χ0n) is 21.1. The van der Waals surface area contributed by atoms with Crippen molar-refractivity contribution >= 4 is 28.7 Å². The molecule has 0 atom stereocenters. The van der Waals surface area contributed by atoms with Crippen LogP contribution in [-0.4, -0.2) is 48.7 Å². The van der Waals surface area contributed by atoms with Crippen LogP contribution in [0.4, 0.5) is 4.79 Å². The average Bonchev–Trinajstić information content (AvgIpc) is 3.23. The fourth-order valence-corrected chi connectivity index (χ4v) is 6.28. The van der Waals surface area contributed by atoms with Gasteiger partial charge in [-0.1, -0.05) is 54.5 Å². The van der Waals surface area contributed by atoms with Crippen LogP contribution in [0, 0.1) is 36.7 Å². The Kier molecular flexibility index (Phi) is 7.09. The van der Waals surface area contributed by atoms with Crippen LogP contribution >= 0.6 is 22.6 Å². The summed E-state index contributed by atoms with van der Waals surface area (Å²) >= 11 is 2.41. The number of hydrogen-bond acceptors (Lipinski definition) is 3. The fourth-order valence-electron chi connectivity index (χ4n) is 5.69. The van der Waals surface area contributed by atoms with E-state index in [1.807, 2.05) is 4.90 Å². The number of fused-ring (bicyclic) bond motifs is 3. The molecule has 1 saturated heterocycles. The molecule has 0 bridgehead atoms. The smallest absolute Gasteiger partial charge is 0.409 e. The number of terminal acetylenes is 1. The van der Waals surface area contributed by atoms with E-state index in [9.17, 15) is 4.79 Å². The Bertz CT molecular complexity index is 1320. The molecule has 1 aliphatic carbocycles. The first-order valence-electron chi connectivity index (χ1n) is 12.5. The monoisotopic (exact) mass is 590 g/mol. The van der Waals surface area contributed by atoms with E-state index in [1.165, 1.54) is 48.1 Å². The lowest BCUT2D eigenvalue weighted by Gasteiger charge is -2.35. The highest BCUT2D eigenvalue weighted by Gasteiger charge is 2.30. The summed E-state index contributed by atoms with van der Waals surface area (Å²) in [6, 6.07) is 16.9. The third-order valence-electron chi connectivity index (χ3n) is 7.81. The summed E-state index contributed by atoms with van der Waals surface area (Å²) in [5.74, 6) is 2.97. The van der Waals surface area contributed by atoms with Gasteiger partial charge in [-0.25, -0.2) is 4.79 Å². The molecular formula is C31H31IN2O2. The first-order valence-corrected chi connectivity index (χ1v) is 13.6. The molecule has 1 aliphatic heterocycles. The molecule has 0 unspecified atom stereocenters. The molecule has 4 nitrogen and oxygen atoms in total. The highest BCUT2D eigenvalue weighted by molar-refractivity contribution is 14.1. The maximum absolute atomic E-state index is 13.0. The van der Waals surface area contributed by atoms with Gasteiger partial charge < -0.3 is 9.64 Å². The van der Waals surface area contributed by atoms with Gasteiger partial charge >= 0.3 is 6.09 Å². The molecule has 0 spiro atoms. The van der Waals surface area contributed by atoms with Crippen LogP contribution in [0.15, 0.2) is 48.5 Å². The Morgan fingerprint density at radius 3 is 2.11 bits per heavy atom. The predicted octanol–water partition coefficient (Wildman–Crippen LogP) is 6.26. The number of rotatable bonds is 4. The highest BCUT2D eigenvalue weighted by Crippen LogP contribution is 2.44. The van der Waals surface area contributed by atoms with Crippen LogP contribution in [0.3, 0.4) is 0 Å². The van der Waals surface area contributed by atoms with Crippen LogP contribution < -0.4 is 0 Å². The van der Waals surface area contributed by atoms with E-state index >= 15 is 0 Å². The minimum Gasteiger partial charge on any atom is -0.448 e. The van der Waals surface area contributed by atoms with Crippen molar-refractivity contribution in [3.8, 4) is 23.5 Å². The summed E-state index contributed by atoms with van der Waals surface area (Å²) in [5.41, 5.74) is 11.0. The molecule has 5 heteroatoms. The summed E-state index contributed by atoms with van der Waals surface area (Å²) in [4.78, 5) is 17.2. The Labute approximate surface area is 227 Å². The van der Waals surface area contributed by atoms with Crippen LogP contribution in [0.25, 0.3) is 11.1 Å². The number of carbonyl (C=O) groups is 1. The van der Waals surface area contributed by atoms with E-state index in [2.05, 4.69) is 103 Å². The zero-order valence-corrected chi connectivity index (χ0v) is 23.3. The normalized spacial score (nSPS) is 15.4. The van der Waals surface area contributed by atoms with E-state index in [-0.39, 0.29) is 12.0 Å².